The highest BCUT2D eigenvalue weighted by molar-refractivity contribution is 6.39. The summed E-state index contributed by atoms with van der Waals surface area (Å²) in [6.07, 6.45) is 0. The molecular formula is C12H7Cl2NO3. The van der Waals surface area contributed by atoms with E-state index in [0.29, 0.717) is 11.1 Å². The molecular weight excluding hydrogens is 277 g/mol. The average Bonchev–Trinajstić information content (AvgIpc) is 2.30. The molecule has 0 heterocycles. The molecule has 1 N–H and O–H groups in total. The first-order valence-electron chi connectivity index (χ1n) is 4.92. The first kappa shape index (κ1) is 12.7. The fourth-order valence-corrected chi connectivity index (χ4v) is 2.29. The molecule has 0 saturated heterocycles. The van der Waals surface area contributed by atoms with Crippen LogP contribution >= 0.6 is 23.2 Å². The Morgan fingerprint density at radius 1 is 1.11 bits per heavy atom. The summed E-state index contributed by atoms with van der Waals surface area (Å²) in [7, 11) is 0. The lowest BCUT2D eigenvalue weighted by Crippen LogP contribution is -1.90. The van der Waals surface area contributed by atoms with E-state index in [9.17, 15) is 15.2 Å². The Morgan fingerprint density at radius 2 is 1.67 bits per heavy atom. The highest BCUT2D eigenvalue weighted by Crippen LogP contribution is 2.41. The lowest BCUT2D eigenvalue weighted by atomic mass is 10.0. The number of non-ortho nitro benzene ring substituents is 1. The van der Waals surface area contributed by atoms with Crippen LogP contribution in [0.4, 0.5) is 5.69 Å². The van der Waals surface area contributed by atoms with E-state index >= 15 is 0 Å². The van der Waals surface area contributed by atoms with Gasteiger partial charge in [-0.2, -0.15) is 0 Å². The van der Waals surface area contributed by atoms with Gasteiger partial charge in [-0.05, 0) is 6.07 Å². The molecule has 0 atom stereocenters. The molecule has 18 heavy (non-hydrogen) atoms. The number of rotatable bonds is 2. The normalized spacial score (nSPS) is 10.3. The van der Waals surface area contributed by atoms with Crippen LogP contribution in [0.2, 0.25) is 10.0 Å². The first-order chi connectivity index (χ1) is 8.50. The van der Waals surface area contributed by atoms with Gasteiger partial charge in [-0.1, -0.05) is 41.4 Å². The number of phenols is 1. The van der Waals surface area contributed by atoms with Crippen LogP contribution < -0.4 is 0 Å². The van der Waals surface area contributed by atoms with Crippen molar-refractivity contribution in [3.63, 3.8) is 0 Å². The molecule has 0 saturated carbocycles. The molecule has 0 aliphatic heterocycles. The third-order valence-electron chi connectivity index (χ3n) is 2.41. The van der Waals surface area contributed by atoms with Gasteiger partial charge in [0, 0.05) is 23.3 Å². The number of hydrogen-bond donors (Lipinski definition) is 1. The standard InChI is InChI=1S/C12H7Cl2NO3/c13-9-5-7(15(17)18)6-10(14)12(9)8-3-1-2-4-11(8)16/h1-6,16H. The molecule has 0 amide bonds. The lowest BCUT2D eigenvalue weighted by Gasteiger charge is -2.08. The molecule has 0 aliphatic rings. The largest absolute Gasteiger partial charge is 0.507 e. The van der Waals surface area contributed by atoms with Crippen molar-refractivity contribution < 1.29 is 10.0 Å². The number of halogens is 2. The van der Waals surface area contributed by atoms with Gasteiger partial charge in [-0.3, -0.25) is 10.1 Å². The predicted molar refractivity (Wildman–Crippen MR) is 70.2 cm³/mol. The van der Waals surface area contributed by atoms with Gasteiger partial charge in [0.05, 0.1) is 15.0 Å². The summed E-state index contributed by atoms with van der Waals surface area (Å²) in [5.74, 6) is 0.00940. The Hall–Kier alpha value is -1.78. The van der Waals surface area contributed by atoms with Gasteiger partial charge in [0.2, 0.25) is 0 Å². The van der Waals surface area contributed by atoms with E-state index in [4.69, 9.17) is 23.2 Å². The maximum atomic E-state index is 10.7. The molecule has 2 aromatic carbocycles. The Labute approximate surface area is 113 Å². The molecule has 0 fully saturated rings. The maximum absolute atomic E-state index is 10.7. The van der Waals surface area contributed by atoms with E-state index < -0.39 is 4.92 Å². The second kappa shape index (κ2) is 4.84. The molecule has 0 radical (unpaired) electrons. The summed E-state index contributed by atoms with van der Waals surface area (Å²) < 4.78 is 0. The average molecular weight is 284 g/mol. The number of nitrogens with zero attached hydrogens (tertiary/aromatic N) is 1. The Morgan fingerprint density at radius 3 is 2.17 bits per heavy atom. The van der Waals surface area contributed by atoms with Crippen molar-refractivity contribution in [1.29, 1.82) is 0 Å². The molecule has 0 unspecified atom stereocenters. The number of benzene rings is 2. The zero-order chi connectivity index (χ0) is 13.3. The molecule has 6 heteroatoms. The van der Waals surface area contributed by atoms with Crippen LogP contribution in [0.3, 0.4) is 0 Å². The summed E-state index contributed by atoms with van der Waals surface area (Å²) in [6.45, 7) is 0. The van der Waals surface area contributed by atoms with E-state index in [2.05, 4.69) is 0 Å². The second-order valence-electron chi connectivity index (χ2n) is 3.56. The maximum Gasteiger partial charge on any atom is 0.272 e. The molecule has 0 bridgehead atoms. The zero-order valence-corrected chi connectivity index (χ0v) is 10.4. The minimum Gasteiger partial charge on any atom is -0.507 e. The summed E-state index contributed by atoms with van der Waals surface area (Å²) in [5, 5.41) is 20.6. The predicted octanol–water partition coefficient (Wildman–Crippen LogP) is 4.27. The second-order valence-corrected chi connectivity index (χ2v) is 4.37. The summed E-state index contributed by atoms with van der Waals surface area (Å²) in [4.78, 5) is 10.1. The molecule has 0 aromatic heterocycles. The van der Waals surface area contributed by atoms with Crippen LogP contribution in [-0.4, -0.2) is 10.0 Å². The highest BCUT2D eigenvalue weighted by Gasteiger charge is 2.17. The van der Waals surface area contributed by atoms with Gasteiger partial charge in [0.25, 0.3) is 5.69 Å². The van der Waals surface area contributed by atoms with Crippen molar-refractivity contribution in [2.24, 2.45) is 0 Å². The molecule has 92 valence electrons. The minimum absolute atomic E-state index is 0.00940. The van der Waals surface area contributed by atoms with Crippen LogP contribution in [0.15, 0.2) is 36.4 Å². The van der Waals surface area contributed by atoms with Crippen LogP contribution in [0.1, 0.15) is 0 Å². The van der Waals surface area contributed by atoms with Crippen molar-refractivity contribution in [1.82, 2.24) is 0 Å². The molecule has 4 nitrogen and oxygen atoms in total. The van der Waals surface area contributed by atoms with Gasteiger partial charge in [0.1, 0.15) is 5.75 Å². The Bertz CT molecular complexity index is 605. The van der Waals surface area contributed by atoms with Crippen LogP contribution in [0.25, 0.3) is 11.1 Å². The topological polar surface area (TPSA) is 63.4 Å². The van der Waals surface area contributed by atoms with Gasteiger partial charge in [-0.15, -0.1) is 0 Å². The van der Waals surface area contributed by atoms with Crippen molar-refractivity contribution in [3.8, 4) is 16.9 Å². The Kier molecular flexibility index (Phi) is 3.41. The highest BCUT2D eigenvalue weighted by atomic mass is 35.5. The van der Waals surface area contributed by atoms with Crippen LogP contribution in [0.5, 0.6) is 5.75 Å². The Balaban J connectivity index is 2.67. The fourth-order valence-electron chi connectivity index (χ4n) is 1.61. The number of aromatic hydroxyl groups is 1. The zero-order valence-electron chi connectivity index (χ0n) is 8.93. The molecule has 0 spiro atoms. The quantitative estimate of drug-likeness (QED) is 0.661. The summed E-state index contributed by atoms with van der Waals surface area (Å²) in [5.41, 5.74) is 0.619. The summed E-state index contributed by atoms with van der Waals surface area (Å²) >= 11 is 12.0. The third-order valence-corrected chi connectivity index (χ3v) is 3.01. The third kappa shape index (κ3) is 2.25. The monoisotopic (exact) mass is 283 g/mol. The van der Waals surface area contributed by atoms with E-state index in [1.54, 1.807) is 18.2 Å². The van der Waals surface area contributed by atoms with Crippen LogP contribution in [-0.2, 0) is 0 Å². The number of para-hydroxylation sites is 1. The van der Waals surface area contributed by atoms with Crippen molar-refractivity contribution in [2.45, 2.75) is 0 Å². The van der Waals surface area contributed by atoms with E-state index in [1.807, 2.05) is 0 Å². The van der Waals surface area contributed by atoms with Gasteiger partial charge in [0.15, 0.2) is 0 Å². The van der Waals surface area contributed by atoms with E-state index in [0.717, 1.165) is 0 Å². The smallest absolute Gasteiger partial charge is 0.272 e. The summed E-state index contributed by atoms with van der Waals surface area (Å²) in [6, 6.07) is 8.90. The van der Waals surface area contributed by atoms with Crippen molar-refractivity contribution in [2.75, 3.05) is 0 Å². The minimum atomic E-state index is -0.577. The number of hydrogen-bond acceptors (Lipinski definition) is 3. The first-order valence-corrected chi connectivity index (χ1v) is 5.68. The van der Waals surface area contributed by atoms with Gasteiger partial charge >= 0.3 is 0 Å². The SMILES string of the molecule is O=[N+]([O-])c1cc(Cl)c(-c2ccccc2O)c(Cl)c1. The van der Waals surface area contributed by atoms with Gasteiger partial charge in [-0.25, -0.2) is 0 Å². The number of nitro benzene ring substituents is 1. The van der Waals surface area contributed by atoms with E-state index in [1.165, 1.54) is 18.2 Å². The number of phenolic OH excluding ortho intramolecular Hbond substituents is 1. The van der Waals surface area contributed by atoms with E-state index in [-0.39, 0.29) is 21.5 Å². The van der Waals surface area contributed by atoms with Crippen molar-refractivity contribution >= 4 is 28.9 Å². The van der Waals surface area contributed by atoms with Crippen molar-refractivity contribution in [3.05, 3.63) is 56.6 Å². The number of nitro groups is 1. The lowest BCUT2D eigenvalue weighted by molar-refractivity contribution is -0.384. The van der Waals surface area contributed by atoms with Crippen LogP contribution in [0, 0.1) is 10.1 Å². The fraction of sp³-hybridized carbons (Fsp3) is 0. The molecule has 2 rings (SSSR count). The van der Waals surface area contributed by atoms with Gasteiger partial charge < -0.3 is 5.11 Å². The molecule has 2 aromatic rings. The molecule has 0 aliphatic carbocycles.